The molecule has 0 atom stereocenters. The summed E-state index contributed by atoms with van der Waals surface area (Å²) in [5, 5.41) is 7.46. The normalized spacial score (nSPS) is 10.9. The summed E-state index contributed by atoms with van der Waals surface area (Å²) < 4.78 is 0. The van der Waals surface area contributed by atoms with Crippen LogP contribution < -0.4 is 15.6 Å². The van der Waals surface area contributed by atoms with E-state index in [1.54, 1.807) is 0 Å². The van der Waals surface area contributed by atoms with Gasteiger partial charge in [-0.05, 0) is 31.5 Å². The van der Waals surface area contributed by atoms with Crippen molar-refractivity contribution in [1.82, 2.24) is 5.32 Å². The maximum Gasteiger partial charge on any atom is 0.275 e. The number of carbonyl (C=O) groups is 1. The van der Waals surface area contributed by atoms with Crippen LogP contribution in [-0.2, 0) is 4.79 Å². The lowest BCUT2D eigenvalue weighted by molar-refractivity contribution is -0.327. The highest BCUT2D eigenvalue weighted by Crippen LogP contribution is 2.16. The second kappa shape index (κ2) is 6.57. The van der Waals surface area contributed by atoms with Crippen molar-refractivity contribution in [2.75, 3.05) is 18.4 Å². The Morgan fingerprint density at radius 1 is 1.19 bits per heavy atom. The second-order valence-electron chi connectivity index (χ2n) is 5.79. The van der Waals surface area contributed by atoms with Crippen LogP contribution >= 0.6 is 0 Å². The van der Waals surface area contributed by atoms with Crippen LogP contribution in [0.3, 0.4) is 0 Å². The molecule has 0 aliphatic carbocycles. The molecule has 2 rings (SSSR count). The molecule has 21 heavy (non-hydrogen) atoms. The number of aromatic amines is 1. The van der Waals surface area contributed by atoms with Crippen LogP contribution in [0.25, 0.3) is 10.9 Å². The fourth-order valence-electron chi connectivity index (χ4n) is 2.20. The van der Waals surface area contributed by atoms with E-state index in [1.165, 1.54) is 16.5 Å². The van der Waals surface area contributed by atoms with Crippen LogP contribution in [0.4, 0.5) is 5.82 Å². The second-order valence-corrected chi connectivity index (χ2v) is 5.79. The van der Waals surface area contributed by atoms with Crippen LogP contribution in [0.15, 0.2) is 24.3 Å². The van der Waals surface area contributed by atoms with E-state index in [-0.39, 0.29) is 11.8 Å². The Balaban J connectivity index is 2.01. The molecule has 0 saturated carbocycles. The first-order valence-electron chi connectivity index (χ1n) is 7.42. The van der Waals surface area contributed by atoms with Gasteiger partial charge in [-0.2, -0.15) is 0 Å². The lowest BCUT2D eigenvalue weighted by Gasteiger charge is -2.07. The Bertz CT molecular complexity index is 650. The summed E-state index contributed by atoms with van der Waals surface area (Å²) in [6.07, 6.45) is 0. The van der Waals surface area contributed by atoms with Gasteiger partial charge >= 0.3 is 0 Å². The summed E-state index contributed by atoms with van der Waals surface area (Å²) >= 11 is 0. The number of rotatable bonds is 5. The maximum absolute atomic E-state index is 11.5. The van der Waals surface area contributed by atoms with Gasteiger partial charge in [-0.15, -0.1) is 0 Å². The molecule has 0 spiro atoms. The molecule has 0 fully saturated rings. The molecule has 0 radical (unpaired) electrons. The highest BCUT2D eigenvalue weighted by atomic mass is 16.1. The molecular formula is C17H24N3O+. The van der Waals surface area contributed by atoms with E-state index in [0.717, 1.165) is 11.3 Å². The Hall–Kier alpha value is -2.10. The number of nitrogens with one attached hydrogen (secondary N) is 3. The summed E-state index contributed by atoms with van der Waals surface area (Å²) in [6, 6.07) is 8.55. The van der Waals surface area contributed by atoms with E-state index in [9.17, 15) is 4.79 Å². The predicted molar refractivity (Wildman–Crippen MR) is 86.3 cm³/mol. The Morgan fingerprint density at radius 3 is 2.67 bits per heavy atom. The largest absolute Gasteiger partial charge is 0.352 e. The van der Waals surface area contributed by atoms with E-state index in [2.05, 4.69) is 53.7 Å². The van der Waals surface area contributed by atoms with Gasteiger partial charge in [-0.1, -0.05) is 26.0 Å². The highest BCUT2D eigenvalue weighted by molar-refractivity contribution is 5.78. The molecule has 1 aromatic carbocycles. The van der Waals surface area contributed by atoms with Gasteiger partial charge in [-0.3, -0.25) is 10.1 Å². The summed E-state index contributed by atoms with van der Waals surface area (Å²) in [5.41, 5.74) is 3.52. The zero-order valence-electron chi connectivity index (χ0n) is 13.2. The third-order valence-electron chi connectivity index (χ3n) is 3.49. The monoisotopic (exact) mass is 286 g/mol. The number of benzene rings is 1. The molecule has 1 amide bonds. The number of amides is 1. The molecule has 4 heteroatoms. The van der Waals surface area contributed by atoms with Gasteiger partial charge in [0, 0.05) is 16.9 Å². The summed E-state index contributed by atoms with van der Waals surface area (Å²) in [7, 11) is 0. The standard InChI is InChI=1S/C17H23N3O/c1-11(2)17(21)19-8-7-18-16-13(4)10-14-6-5-12(3)9-15(14)20-16/h5-6,9-11H,7-8H2,1-4H3,(H,18,20)(H,19,21)/p+1. The number of hydrogen-bond acceptors (Lipinski definition) is 2. The van der Waals surface area contributed by atoms with Crippen LogP contribution in [0.5, 0.6) is 0 Å². The minimum Gasteiger partial charge on any atom is -0.352 e. The zero-order chi connectivity index (χ0) is 15.4. The number of pyridine rings is 1. The molecule has 0 aliphatic rings. The quantitative estimate of drug-likeness (QED) is 0.830. The predicted octanol–water partition coefficient (Wildman–Crippen LogP) is 2.45. The van der Waals surface area contributed by atoms with Gasteiger partial charge < -0.3 is 5.32 Å². The summed E-state index contributed by atoms with van der Waals surface area (Å²) in [6.45, 7) is 9.27. The molecule has 0 saturated heterocycles. The van der Waals surface area contributed by atoms with E-state index >= 15 is 0 Å². The number of aromatic nitrogens is 1. The lowest BCUT2D eigenvalue weighted by Crippen LogP contribution is -2.32. The van der Waals surface area contributed by atoms with Gasteiger partial charge in [0.1, 0.15) is 12.1 Å². The first-order valence-corrected chi connectivity index (χ1v) is 7.42. The van der Waals surface area contributed by atoms with Crippen molar-refractivity contribution < 1.29 is 9.78 Å². The SMILES string of the molecule is Cc1ccc2cc(C)c(NCCNC(=O)C(C)C)[nH+]c2c1. The van der Waals surface area contributed by atoms with Gasteiger partial charge in [-0.25, -0.2) is 4.98 Å². The average molecular weight is 286 g/mol. The molecule has 3 N–H and O–H groups in total. The topological polar surface area (TPSA) is 55.3 Å². The Kier molecular flexibility index (Phi) is 4.78. The van der Waals surface area contributed by atoms with Crippen LogP contribution in [0.2, 0.25) is 0 Å². The molecule has 0 aliphatic heterocycles. The van der Waals surface area contributed by atoms with Crippen molar-refractivity contribution in [3.8, 4) is 0 Å². The fourth-order valence-corrected chi connectivity index (χ4v) is 2.20. The molecule has 1 aromatic heterocycles. The molecule has 4 nitrogen and oxygen atoms in total. The van der Waals surface area contributed by atoms with Crippen molar-refractivity contribution in [2.24, 2.45) is 5.92 Å². The molecule has 0 bridgehead atoms. The Morgan fingerprint density at radius 2 is 1.95 bits per heavy atom. The molecule has 2 aromatic rings. The van der Waals surface area contributed by atoms with Gasteiger partial charge in [0.05, 0.1) is 6.54 Å². The van der Waals surface area contributed by atoms with Crippen molar-refractivity contribution >= 4 is 22.6 Å². The van der Waals surface area contributed by atoms with Crippen molar-refractivity contribution in [3.63, 3.8) is 0 Å². The molecular weight excluding hydrogens is 262 g/mol. The molecule has 112 valence electrons. The maximum atomic E-state index is 11.5. The Labute approximate surface area is 126 Å². The first-order chi connectivity index (χ1) is 9.97. The number of anilines is 1. The zero-order valence-corrected chi connectivity index (χ0v) is 13.2. The number of fused-ring (bicyclic) bond motifs is 1. The van der Waals surface area contributed by atoms with Gasteiger partial charge in [0.15, 0.2) is 0 Å². The summed E-state index contributed by atoms with van der Waals surface area (Å²) in [5.74, 6) is 1.13. The number of H-pyrrole nitrogens is 1. The summed E-state index contributed by atoms with van der Waals surface area (Å²) in [4.78, 5) is 14.9. The number of aryl methyl sites for hydroxylation is 2. The minimum atomic E-state index is 0.0296. The number of carbonyl (C=O) groups excluding carboxylic acids is 1. The smallest absolute Gasteiger partial charge is 0.275 e. The van der Waals surface area contributed by atoms with Gasteiger partial charge in [0.2, 0.25) is 5.91 Å². The number of hydrogen-bond donors (Lipinski definition) is 2. The van der Waals surface area contributed by atoms with Crippen molar-refractivity contribution in [1.29, 1.82) is 0 Å². The third-order valence-corrected chi connectivity index (χ3v) is 3.49. The van der Waals surface area contributed by atoms with Crippen LogP contribution in [-0.4, -0.2) is 19.0 Å². The molecule has 1 heterocycles. The average Bonchev–Trinajstić information content (AvgIpc) is 2.43. The third kappa shape index (κ3) is 3.94. The van der Waals surface area contributed by atoms with Crippen LogP contribution in [0.1, 0.15) is 25.0 Å². The van der Waals surface area contributed by atoms with Crippen molar-refractivity contribution in [2.45, 2.75) is 27.7 Å². The van der Waals surface area contributed by atoms with E-state index in [0.29, 0.717) is 13.1 Å². The highest BCUT2D eigenvalue weighted by Gasteiger charge is 2.10. The van der Waals surface area contributed by atoms with Crippen LogP contribution in [0, 0.1) is 19.8 Å². The van der Waals surface area contributed by atoms with E-state index < -0.39 is 0 Å². The minimum absolute atomic E-state index is 0.0296. The lowest BCUT2D eigenvalue weighted by atomic mass is 10.1. The first kappa shape index (κ1) is 15.3. The van der Waals surface area contributed by atoms with Gasteiger partial charge in [0.25, 0.3) is 5.82 Å². The van der Waals surface area contributed by atoms with E-state index in [1.807, 2.05) is 13.8 Å². The van der Waals surface area contributed by atoms with E-state index in [4.69, 9.17) is 0 Å². The fraction of sp³-hybridized carbons (Fsp3) is 0.412. The van der Waals surface area contributed by atoms with Crippen molar-refractivity contribution in [3.05, 3.63) is 35.4 Å². The molecule has 0 unspecified atom stereocenters.